The molecule has 1 aromatic carbocycles. The molecule has 7 heterocycles. The summed E-state index contributed by atoms with van der Waals surface area (Å²) in [5, 5.41) is -0.159. The molecule has 0 N–H and O–H groups in total. The van der Waals surface area contributed by atoms with Gasteiger partial charge in [0.05, 0.1) is 32.8 Å². The predicted molar refractivity (Wildman–Crippen MR) is 152 cm³/mol. The smallest absolute Gasteiger partial charge is 0.308 e. The Balaban J connectivity index is 1.21. The number of methoxy groups -OCH3 is 2. The van der Waals surface area contributed by atoms with Crippen molar-refractivity contribution in [2.75, 3.05) is 14.2 Å². The average molecular weight is 705 g/mol. The van der Waals surface area contributed by atoms with Crippen LogP contribution in [-0.2, 0) is 42.7 Å². The summed E-state index contributed by atoms with van der Waals surface area (Å²) in [5.74, 6) is -1.99. The van der Waals surface area contributed by atoms with Gasteiger partial charge in [-0.2, -0.15) is 0 Å². The zero-order valence-electron chi connectivity index (χ0n) is 22.9. The molecule has 12 heteroatoms. The molecule has 7 saturated heterocycles. The highest BCUT2D eigenvalue weighted by atomic mass is 127. The normalized spacial score (nSPS) is 44.1. The number of allylic oxidation sites excluding steroid dienone is 1. The molecule has 7 aliphatic heterocycles. The molecule has 0 aliphatic carbocycles. The Morgan fingerprint density at radius 3 is 2.56 bits per heavy atom. The van der Waals surface area contributed by atoms with Gasteiger partial charge in [0, 0.05) is 17.4 Å². The molecule has 0 radical (unpaired) electrons. The van der Waals surface area contributed by atoms with E-state index < -0.39 is 54.5 Å². The number of benzene rings is 1. The molecule has 10 nitrogen and oxygen atoms in total. The zero-order valence-corrected chi connectivity index (χ0v) is 25.8. The van der Waals surface area contributed by atoms with Crippen molar-refractivity contribution in [2.45, 2.75) is 111 Å². The summed E-state index contributed by atoms with van der Waals surface area (Å²) in [4.78, 5) is 12.0. The van der Waals surface area contributed by atoms with Crippen molar-refractivity contribution in [3.8, 4) is 5.75 Å². The number of carbonyl (C=O) groups is 1. The molecule has 1 spiro atoms. The van der Waals surface area contributed by atoms with E-state index in [1.54, 1.807) is 7.11 Å². The number of carbonyl (C=O) groups excluding carboxylic acids is 1. The maximum atomic E-state index is 12.0. The number of halogens is 2. The summed E-state index contributed by atoms with van der Waals surface area (Å²) in [7, 11) is 3.01. The maximum Gasteiger partial charge on any atom is 0.308 e. The quantitative estimate of drug-likeness (QED) is 0.210. The van der Waals surface area contributed by atoms with E-state index in [-0.39, 0.29) is 30.0 Å². The van der Waals surface area contributed by atoms with E-state index in [1.807, 2.05) is 24.3 Å². The molecule has 2 unspecified atom stereocenters. The summed E-state index contributed by atoms with van der Waals surface area (Å²) in [5.41, 5.74) is 0.831. The van der Waals surface area contributed by atoms with Gasteiger partial charge in [-0.25, -0.2) is 0 Å². The standard InChI is InChI=1S/C29H34ClIO10/c1-14(31)12-16(30)10-11-28-27-29(41-26(37-27)15-4-6-17(33-2)7-5-15)25(40-28)24-23(39-29)22(38-28)21-19(36-24)9-8-18(35-21)13-20(32)34-3/h4-7,16,18-19,21-27H,1,8-13H2,2-3H3/t16-,18-,19+,21+,22+,23+,24?,25+,26+,27+,28-,29?/m1/s1. The first kappa shape index (κ1) is 28.7. The highest BCUT2D eigenvalue weighted by Crippen LogP contribution is 2.64. The van der Waals surface area contributed by atoms with Crippen LogP contribution in [0.4, 0.5) is 0 Å². The number of alkyl halides is 1. The van der Waals surface area contributed by atoms with Crippen molar-refractivity contribution in [2.24, 2.45) is 0 Å². The molecule has 1 aromatic rings. The average Bonchev–Trinajstić information content (AvgIpc) is 3.51. The number of esters is 1. The molecule has 8 rings (SSSR count). The zero-order chi connectivity index (χ0) is 28.5. The maximum absolute atomic E-state index is 12.0. The van der Waals surface area contributed by atoms with Gasteiger partial charge in [0.25, 0.3) is 0 Å². The van der Waals surface area contributed by atoms with Crippen LogP contribution in [0.3, 0.4) is 0 Å². The van der Waals surface area contributed by atoms with Crippen LogP contribution in [0.2, 0.25) is 0 Å². The van der Waals surface area contributed by atoms with Gasteiger partial charge >= 0.3 is 5.97 Å². The third-order valence-electron chi connectivity index (χ3n) is 9.04. The Bertz CT molecular complexity index is 1180. The summed E-state index contributed by atoms with van der Waals surface area (Å²) in [6.07, 6.45) is -1.06. The van der Waals surface area contributed by atoms with Gasteiger partial charge in [-0.05, 0) is 64.0 Å². The van der Waals surface area contributed by atoms with Crippen LogP contribution >= 0.6 is 34.2 Å². The number of hydrogen-bond acceptors (Lipinski definition) is 10. The van der Waals surface area contributed by atoms with Crippen molar-refractivity contribution in [3.05, 3.63) is 40.0 Å². The minimum atomic E-state index is -1.22. The SMILES string of the molecule is C=C(I)C[C@H](Cl)CC[C@]12O[C@H]3[C@H]4O[C@@H](CC(=O)OC)CC[C@@H]4OC4[C@H]3OC3(O[C@@H](c5ccc(OC)cc5)O[C@H]31)[C@H]4O2. The fourth-order valence-electron chi connectivity index (χ4n) is 7.21. The number of hydrogen-bond donors (Lipinski definition) is 0. The number of ether oxygens (including phenoxy) is 9. The second-order valence-electron chi connectivity index (χ2n) is 11.6. The van der Waals surface area contributed by atoms with Crippen LogP contribution in [0.25, 0.3) is 0 Å². The molecule has 0 saturated carbocycles. The molecular formula is C29H34ClIO10. The van der Waals surface area contributed by atoms with Gasteiger partial charge in [0.1, 0.15) is 36.3 Å². The van der Waals surface area contributed by atoms with Crippen molar-refractivity contribution < 1.29 is 47.4 Å². The molecular weight excluding hydrogens is 671 g/mol. The molecule has 12 atom stereocenters. The second kappa shape index (κ2) is 10.8. The molecule has 224 valence electrons. The van der Waals surface area contributed by atoms with Gasteiger partial charge < -0.3 is 42.6 Å². The first-order chi connectivity index (χ1) is 19.7. The van der Waals surface area contributed by atoms with Crippen LogP contribution in [-0.4, -0.2) is 86.0 Å². The van der Waals surface area contributed by atoms with Crippen molar-refractivity contribution >= 4 is 40.2 Å². The van der Waals surface area contributed by atoms with Crippen LogP contribution in [0, 0.1) is 0 Å². The van der Waals surface area contributed by atoms with Gasteiger partial charge in [-0.15, -0.1) is 11.6 Å². The Kier molecular flexibility index (Phi) is 7.60. The highest BCUT2D eigenvalue weighted by molar-refractivity contribution is 14.1. The summed E-state index contributed by atoms with van der Waals surface area (Å²) in [6.45, 7) is 4.00. The number of rotatable bonds is 9. The Morgan fingerprint density at radius 2 is 1.83 bits per heavy atom. The third kappa shape index (κ3) is 4.74. The van der Waals surface area contributed by atoms with E-state index in [2.05, 4.69) is 29.2 Å². The predicted octanol–water partition coefficient (Wildman–Crippen LogP) is 4.30. The van der Waals surface area contributed by atoms with Crippen LogP contribution in [0.15, 0.2) is 34.4 Å². The molecule has 7 aliphatic rings. The van der Waals surface area contributed by atoms with E-state index in [1.165, 1.54) is 7.11 Å². The van der Waals surface area contributed by atoms with Gasteiger partial charge in [-0.3, -0.25) is 4.79 Å². The van der Waals surface area contributed by atoms with E-state index in [0.29, 0.717) is 25.7 Å². The largest absolute Gasteiger partial charge is 0.497 e. The van der Waals surface area contributed by atoms with E-state index in [4.69, 9.17) is 54.2 Å². The fourth-order valence-corrected chi connectivity index (χ4v) is 8.30. The Hall–Kier alpha value is -1.03. The van der Waals surface area contributed by atoms with Crippen molar-refractivity contribution in [1.29, 1.82) is 0 Å². The van der Waals surface area contributed by atoms with Gasteiger partial charge in [0.15, 0.2) is 12.4 Å². The molecule has 0 aromatic heterocycles. The topological polar surface area (TPSA) is 100 Å². The fraction of sp³-hybridized carbons (Fsp3) is 0.690. The minimum Gasteiger partial charge on any atom is -0.497 e. The van der Waals surface area contributed by atoms with Crippen molar-refractivity contribution in [3.63, 3.8) is 0 Å². The van der Waals surface area contributed by atoms with E-state index in [0.717, 1.165) is 21.3 Å². The summed E-state index contributed by atoms with van der Waals surface area (Å²) in [6, 6.07) is 7.57. The lowest BCUT2D eigenvalue weighted by molar-refractivity contribution is -0.328. The van der Waals surface area contributed by atoms with Gasteiger partial charge in [0.2, 0.25) is 11.6 Å². The van der Waals surface area contributed by atoms with Crippen molar-refractivity contribution in [1.82, 2.24) is 0 Å². The molecule has 6 bridgehead atoms. The summed E-state index contributed by atoms with van der Waals surface area (Å²) < 4.78 is 58.1. The molecule has 7 fully saturated rings. The minimum absolute atomic E-state index is 0.159. The monoisotopic (exact) mass is 704 g/mol. The molecule has 41 heavy (non-hydrogen) atoms. The first-order valence-electron chi connectivity index (χ1n) is 14.1. The molecule has 0 amide bonds. The first-order valence-corrected chi connectivity index (χ1v) is 15.6. The summed E-state index contributed by atoms with van der Waals surface area (Å²) >= 11 is 8.93. The lowest BCUT2D eigenvalue weighted by atomic mass is 9.86. The van der Waals surface area contributed by atoms with Crippen LogP contribution in [0.1, 0.15) is 50.4 Å². The van der Waals surface area contributed by atoms with E-state index >= 15 is 0 Å². The lowest BCUT2D eigenvalue weighted by Gasteiger charge is -2.47. The second-order valence-corrected chi connectivity index (χ2v) is 13.7. The lowest BCUT2D eigenvalue weighted by Crippen LogP contribution is -2.62. The van der Waals surface area contributed by atoms with Crippen LogP contribution in [0.5, 0.6) is 5.75 Å². The highest BCUT2D eigenvalue weighted by Gasteiger charge is 2.83. The van der Waals surface area contributed by atoms with Gasteiger partial charge in [-0.1, -0.05) is 18.7 Å². The third-order valence-corrected chi connectivity index (χ3v) is 9.86. The number of fused-ring (bicyclic) bond motifs is 1. The Morgan fingerprint density at radius 1 is 1.05 bits per heavy atom. The van der Waals surface area contributed by atoms with E-state index in [9.17, 15) is 4.79 Å². The Labute approximate surface area is 257 Å². The van der Waals surface area contributed by atoms with Crippen LogP contribution < -0.4 is 4.74 Å².